The molecule has 0 saturated carbocycles. The van der Waals surface area contributed by atoms with Crippen molar-refractivity contribution in [3.63, 3.8) is 0 Å². The first kappa shape index (κ1) is 14.3. The molecular weight excluding hydrogens is 332 g/mol. The smallest absolute Gasteiger partial charge is 0.192 e. The molecule has 5 aromatic rings. The van der Waals surface area contributed by atoms with E-state index in [9.17, 15) is 0 Å². The number of thiophene rings is 1. The Morgan fingerprint density at radius 2 is 1.92 bits per heavy atom. The van der Waals surface area contributed by atoms with Crippen molar-refractivity contribution in [2.24, 2.45) is 0 Å². The van der Waals surface area contributed by atoms with Crippen molar-refractivity contribution in [1.82, 2.24) is 29.1 Å². The molecule has 0 atom stereocenters. The summed E-state index contributed by atoms with van der Waals surface area (Å²) in [5, 5.41) is 7.63. The van der Waals surface area contributed by atoms with E-state index >= 15 is 0 Å². The highest BCUT2D eigenvalue weighted by Gasteiger charge is 2.19. The molecule has 0 unspecified atom stereocenters. The second kappa shape index (κ2) is 5.22. The van der Waals surface area contributed by atoms with Crippen LogP contribution in [-0.4, -0.2) is 29.1 Å². The van der Waals surface area contributed by atoms with Crippen LogP contribution in [-0.2, 0) is 0 Å². The van der Waals surface area contributed by atoms with Crippen LogP contribution in [0.25, 0.3) is 33.2 Å². The predicted molar refractivity (Wildman–Crippen MR) is 98.2 cm³/mol. The van der Waals surface area contributed by atoms with Crippen molar-refractivity contribution in [3.8, 4) is 16.5 Å². The zero-order valence-corrected chi connectivity index (χ0v) is 14.5. The fourth-order valence-electron chi connectivity index (χ4n) is 3.14. The second-order valence-corrected chi connectivity index (χ2v) is 6.81. The van der Waals surface area contributed by atoms with Crippen molar-refractivity contribution < 1.29 is 0 Å². The molecule has 0 bridgehead atoms. The minimum atomic E-state index is 0.729. The van der Waals surface area contributed by atoms with Crippen molar-refractivity contribution in [2.45, 2.75) is 13.8 Å². The SMILES string of the molecule is Cc1c(C)n(-c2ccccn2)c2ncn3nc(-c4cccs4)nc3c12. The van der Waals surface area contributed by atoms with Crippen LogP contribution in [0.1, 0.15) is 11.3 Å². The topological polar surface area (TPSA) is 60.9 Å². The van der Waals surface area contributed by atoms with E-state index in [-0.39, 0.29) is 0 Å². The molecule has 0 aliphatic rings. The zero-order valence-electron chi connectivity index (χ0n) is 13.7. The molecule has 5 rings (SSSR count). The minimum absolute atomic E-state index is 0.729. The molecule has 25 heavy (non-hydrogen) atoms. The maximum atomic E-state index is 4.78. The molecule has 0 aliphatic heterocycles. The van der Waals surface area contributed by atoms with Crippen molar-refractivity contribution in [2.75, 3.05) is 0 Å². The molecule has 5 heterocycles. The monoisotopic (exact) mass is 346 g/mol. The fourth-order valence-corrected chi connectivity index (χ4v) is 3.79. The Hall–Kier alpha value is -3.06. The summed E-state index contributed by atoms with van der Waals surface area (Å²) in [6, 6.07) is 9.91. The third-order valence-electron chi connectivity index (χ3n) is 4.45. The Bertz CT molecular complexity index is 1200. The lowest BCUT2D eigenvalue weighted by Crippen LogP contribution is -2.01. The van der Waals surface area contributed by atoms with E-state index in [4.69, 9.17) is 4.98 Å². The largest absolute Gasteiger partial charge is 0.282 e. The van der Waals surface area contributed by atoms with Gasteiger partial charge in [-0.3, -0.25) is 4.57 Å². The number of nitrogens with zero attached hydrogens (tertiary/aromatic N) is 6. The molecule has 0 aliphatic carbocycles. The van der Waals surface area contributed by atoms with Crippen molar-refractivity contribution in [3.05, 3.63) is 59.5 Å². The first-order chi connectivity index (χ1) is 12.2. The third kappa shape index (κ3) is 2.02. The summed E-state index contributed by atoms with van der Waals surface area (Å²) in [4.78, 5) is 15.0. The number of pyridine rings is 1. The van der Waals surface area contributed by atoms with Gasteiger partial charge in [0.05, 0.1) is 10.3 Å². The van der Waals surface area contributed by atoms with Gasteiger partial charge in [-0.2, -0.15) is 0 Å². The van der Waals surface area contributed by atoms with Gasteiger partial charge in [0.25, 0.3) is 0 Å². The Balaban J connectivity index is 1.85. The summed E-state index contributed by atoms with van der Waals surface area (Å²) in [5.74, 6) is 1.58. The average Bonchev–Trinajstić information content (AvgIpc) is 3.35. The first-order valence-corrected chi connectivity index (χ1v) is 8.80. The van der Waals surface area contributed by atoms with E-state index in [0.29, 0.717) is 0 Å². The van der Waals surface area contributed by atoms with E-state index in [2.05, 4.69) is 33.5 Å². The van der Waals surface area contributed by atoms with Crippen molar-refractivity contribution in [1.29, 1.82) is 0 Å². The second-order valence-electron chi connectivity index (χ2n) is 5.86. The minimum Gasteiger partial charge on any atom is -0.282 e. The van der Waals surface area contributed by atoms with Gasteiger partial charge in [0, 0.05) is 11.9 Å². The number of aromatic nitrogens is 6. The molecule has 0 amide bonds. The van der Waals surface area contributed by atoms with E-state index in [1.807, 2.05) is 35.7 Å². The summed E-state index contributed by atoms with van der Waals surface area (Å²) in [5.41, 5.74) is 3.92. The summed E-state index contributed by atoms with van der Waals surface area (Å²) < 4.78 is 3.83. The van der Waals surface area contributed by atoms with Crippen molar-refractivity contribution >= 4 is 28.0 Å². The van der Waals surface area contributed by atoms with Crippen LogP contribution >= 0.6 is 11.3 Å². The van der Waals surface area contributed by atoms with Gasteiger partial charge in [-0.15, -0.1) is 16.4 Å². The molecule has 122 valence electrons. The summed E-state index contributed by atoms with van der Waals surface area (Å²) in [7, 11) is 0. The molecule has 0 aromatic carbocycles. The maximum absolute atomic E-state index is 4.78. The molecule has 0 N–H and O–H groups in total. The van der Waals surface area contributed by atoms with Crippen LogP contribution in [0.5, 0.6) is 0 Å². The molecule has 0 saturated heterocycles. The lowest BCUT2D eigenvalue weighted by molar-refractivity contribution is 0.920. The lowest BCUT2D eigenvalue weighted by Gasteiger charge is -2.05. The lowest BCUT2D eigenvalue weighted by atomic mass is 10.2. The number of fused-ring (bicyclic) bond motifs is 3. The van der Waals surface area contributed by atoms with Crippen LogP contribution in [0.3, 0.4) is 0 Å². The van der Waals surface area contributed by atoms with E-state index in [1.165, 1.54) is 0 Å². The molecule has 7 heteroatoms. The van der Waals surface area contributed by atoms with Gasteiger partial charge in [-0.25, -0.2) is 19.5 Å². The molecule has 6 nitrogen and oxygen atoms in total. The number of hydrogen-bond donors (Lipinski definition) is 0. The predicted octanol–water partition coefficient (Wildman–Crippen LogP) is 3.81. The Morgan fingerprint density at radius 3 is 2.68 bits per heavy atom. The molecule has 5 aromatic heterocycles. The Kier molecular flexibility index (Phi) is 2.98. The van der Waals surface area contributed by atoms with E-state index < -0.39 is 0 Å². The van der Waals surface area contributed by atoms with Gasteiger partial charge in [-0.05, 0) is 43.0 Å². The molecule has 0 spiro atoms. The van der Waals surface area contributed by atoms with Crippen LogP contribution < -0.4 is 0 Å². The van der Waals surface area contributed by atoms with Crippen LogP contribution in [0.4, 0.5) is 0 Å². The van der Waals surface area contributed by atoms with Crippen LogP contribution in [0.15, 0.2) is 48.2 Å². The highest BCUT2D eigenvalue weighted by atomic mass is 32.1. The van der Waals surface area contributed by atoms with Gasteiger partial charge in [0.2, 0.25) is 0 Å². The number of rotatable bonds is 2. The fraction of sp³-hybridized carbons (Fsp3) is 0.111. The van der Waals surface area contributed by atoms with Gasteiger partial charge in [0.15, 0.2) is 17.1 Å². The molecular formula is C18H14N6S. The molecule has 0 fully saturated rings. The summed E-state index contributed by atoms with van der Waals surface area (Å²) in [6.45, 7) is 4.18. The van der Waals surface area contributed by atoms with Crippen LogP contribution in [0, 0.1) is 13.8 Å². The highest BCUT2D eigenvalue weighted by Crippen LogP contribution is 2.30. The summed E-state index contributed by atoms with van der Waals surface area (Å²) >= 11 is 1.63. The number of aryl methyl sites for hydroxylation is 1. The van der Waals surface area contributed by atoms with E-state index in [0.717, 1.165) is 44.5 Å². The van der Waals surface area contributed by atoms with Crippen LogP contribution in [0.2, 0.25) is 0 Å². The van der Waals surface area contributed by atoms with E-state index in [1.54, 1.807) is 28.4 Å². The van der Waals surface area contributed by atoms with Gasteiger partial charge in [-0.1, -0.05) is 12.1 Å². The molecule has 0 radical (unpaired) electrons. The third-order valence-corrected chi connectivity index (χ3v) is 5.32. The number of hydrogen-bond acceptors (Lipinski definition) is 5. The quantitative estimate of drug-likeness (QED) is 0.488. The first-order valence-electron chi connectivity index (χ1n) is 7.92. The maximum Gasteiger partial charge on any atom is 0.192 e. The zero-order chi connectivity index (χ0) is 17.0. The Labute approximate surface area is 147 Å². The van der Waals surface area contributed by atoms with Gasteiger partial charge >= 0.3 is 0 Å². The standard InChI is InChI=1S/C18H14N6S/c1-11-12(2)24(14-7-3-4-8-19-14)17-15(11)18-21-16(13-6-5-9-25-13)22-23(18)10-20-17/h3-10H,1-2H3. The normalized spacial score (nSPS) is 11.6. The summed E-state index contributed by atoms with van der Waals surface area (Å²) in [6.07, 6.45) is 3.51. The van der Waals surface area contributed by atoms with Gasteiger partial charge < -0.3 is 0 Å². The van der Waals surface area contributed by atoms with Gasteiger partial charge in [0.1, 0.15) is 12.1 Å². The average molecular weight is 346 g/mol. The Morgan fingerprint density at radius 1 is 1.00 bits per heavy atom. The highest BCUT2D eigenvalue weighted by molar-refractivity contribution is 7.13.